The van der Waals surface area contributed by atoms with Crippen LogP contribution in [0.1, 0.15) is 202 Å². The van der Waals surface area contributed by atoms with Crippen LogP contribution >= 0.6 is 0 Å². The number of aliphatic carboxylic acids is 3. The van der Waals surface area contributed by atoms with Crippen molar-refractivity contribution in [1.82, 2.24) is 31.1 Å². The van der Waals surface area contributed by atoms with Gasteiger partial charge in [-0.1, -0.05) is 60.8 Å². The number of anilines is 3. The maximum Gasteiger partial charge on any atom is 0.362 e. The number of ether oxygens (including phenoxy) is 10. The van der Waals surface area contributed by atoms with Crippen LogP contribution in [0.4, 0.5) is 17.1 Å². The van der Waals surface area contributed by atoms with Crippen LogP contribution in [0.5, 0.6) is 0 Å². The monoisotopic (exact) mass is 2090 g/mol. The molecule has 42 heteroatoms. The summed E-state index contributed by atoms with van der Waals surface area (Å²) in [4.78, 5) is 241. The molecule has 42 nitrogen and oxygen atoms in total. The third-order valence-electron chi connectivity index (χ3n) is 27.1. The Labute approximate surface area is 870 Å². The first-order valence-corrected chi connectivity index (χ1v) is 51.0. The number of aliphatic hydroxyl groups is 1. The zero-order valence-electron chi connectivity index (χ0n) is 90.3. The second-order valence-corrected chi connectivity index (χ2v) is 37.4. The number of nitrogens with one attached hydrogen (secondary N) is 4. The van der Waals surface area contributed by atoms with Gasteiger partial charge in [-0.15, -0.1) is 0 Å². The summed E-state index contributed by atoms with van der Waals surface area (Å²) in [6, 6.07) is 21.4. The molecule has 3 aromatic rings. The van der Waals surface area contributed by atoms with Crippen LogP contribution in [0, 0.1) is 89.8 Å². The van der Waals surface area contributed by atoms with Gasteiger partial charge in [0, 0.05) is 178 Å². The Morgan fingerprint density at radius 1 is 0.412 bits per heavy atom. The van der Waals surface area contributed by atoms with E-state index in [1.165, 1.54) is 55.1 Å². The highest BCUT2D eigenvalue weighted by atomic mass is 16.6. The molecule has 21 unspecified atom stereocenters. The molecule has 3 aromatic carbocycles. The Morgan fingerprint density at radius 3 is 1.18 bits per heavy atom. The molecule has 830 valence electrons. The minimum absolute atomic E-state index is 0.000330. The fourth-order valence-corrected chi connectivity index (χ4v) is 18.7. The number of nitrogens with two attached hydrogens (primary N) is 2. The number of esters is 5. The molecule has 0 spiro atoms. The first-order valence-electron chi connectivity index (χ1n) is 51.0. The molecule has 0 bridgehead atoms. The second-order valence-electron chi connectivity index (χ2n) is 37.4. The van der Waals surface area contributed by atoms with Crippen molar-refractivity contribution in [2.45, 2.75) is 214 Å². The lowest BCUT2D eigenvalue weighted by Gasteiger charge is -2.36. The van der Waals surface area contributed by atoms with E-state index in [1.807, 2.05) is 102 Å². The van der Waals surface area contributed by atoms with Gasteiger partial charge in [-0.2, -0.15) is 0 Å². The van der Waals surface area contributed by atoms with Crippen molar-refractivity contribution in [3.63, 3.8) is 0 Å². The average Bonchev–Trinajstić information content (AvgIpc) is 1.59. The molecule has 12 N–H and O–H groups in total. The summed E-state index contributed by atoms with van der Waals surface area (Å²) in [6.45, 7) is 18.5. The average molecular weight is 2090 g/mol. The van der Waals surface area contributed by atoms with Crippen molar-refractivity contribution in [1.29, 1.82) is 0 Å². The number of aliphatic hydroxyl groups excluding tert-OH is 1. The van der Waals surface area contributed by atoms with E-state index in [4.69, 9.17) is 59.2 Å². The van der Waals surface area contributed by atoms with E-state index < -0.39 is 241 Å². The van der Waals surface area contributed by atoms with Gasteiger partial charge in [0.15, 0.2) is 5.78 Å². The van der Waals surface area contributed by atoms with Gasteiger partial charge in [-0.05, 0) is 190 Å². The normalized spacial score (nSPS) is 19.9. The van der Waals surface area contributed by atoms with Gasteiger partial charge in [0.2, 0.25) is 41.4 Å². The maximum absolute atomic E-state index is 15.5. The number of unbranched alkanes of at least 4 members (excludes halogenated alkanes) is 4. The van der Waals surface area contributed by atoms with Crippen LogP contribution in [0.15, 0.2) is 72.8 Å². The Kier molecular flexibility index (Phi) is 60.3. The zero-order chi connectivity index (χ0) is 111. The Hall–Kier alpha value is -11.5. The van der Waals surface area contributed by atoms with Crippen LogP contribution < -0.4 is 47.4 Å². The minimum Gasteiger partial charge on any atom is -0.481 e. The van der Waals surface area contributed by atoms with E-state index in [9.17, 15) is 72.9 Å². The largest absolute Gasteiger partial charge is 0.481 e. The molecular formula is C106H166N11O31+. The summed E-state index contributed by atoms with van der Waals surface area (Å²) in [5, 5.41) is 52.4. The minimum atomic E-state index is -1.98. The number of cyclic esters (lactones) is 4. The van der Waals surface area contributed by atoms with Crippen molar-refractivity contribution in [2.75, 3.05) is 172 Å². The summed E-state index contributed by atoms with van der Waals surface area (Å²) < 4.78 is 55.5. The predicted octanol–water partition coefficient (Wildman–Crippen LogP) is 7.46. The quantitative estimate of drug-likeness (QED) is 0.00498. The standard InChI is InChI=1S/C78H116N8O25.C13H20N2O.C9H13O4.C4H11N.C2H6O/c1-16-20-32-81-68(90)61(51(74(97)98)41-58(109-15)64(77(102)110-19-4)52(75(99)100)42-54(105-11)59-43(5)76(101)111-78(59)103)55(106-12)38-48-62(71(93)85(69(48)91)36-21-17-2)56(107-13)39-49-63(72(94)86(70(49)92)37-23-35-80-66(88)45-26-30-47(31-27-45)84(8)9)57(108-14)40-50(73(95)96)60(53(18-3)104-10)67(89)82-34-22-33-79-65(87)44-24-28-46(29-25-44)83(6)7;1-15(2)12-8-6-11(7-9-12)13(16)5-3-4-10-14;1-4-6(12-3)7-5(2)8(10)13-9(7)11;1-2-3-4-5;1-2-3/h24-31,43,48-64H,16-23,32-42H2,1-15H3,(H,79,87)(H,80,88)(H,81,90)(H,82,89)(H,95,96)(H,97,98)(H,99,100);6-9H,3-5,10,14H2,1-2H3;5-7H,2,4H2,1,3H3;2-5H2,1H3;3H,2H2,1H3/q;;+1;;. The van der Waals surface area contributed by atoms with Crippen molar-refractivity contribution < 1.29 is 149 Å². The molecule has 0 radical (unpaired) electrons. The third-order valence-corrected chi connectivity index (χ3v) is 27.1. The number of carboxylic acid groups (broad SMARTS) is 3. The Balaban J connectivity index is 0.00000126. The topological polar surface area (TPSA) is 580 Å². The van der Waals surface area contributed by atoms with Gasteiger partial charge in [0.1, 0.15) is 5.92 Å². The molecule has 0 aliphatic carbocycles. The fourth-order valence-electron chi connectivity index (χ4n) is 18.7. The third kappa shape index (κ3) is 38.2. The van der Waals surface area contributed by atoms with E-state index in [2.05, 4.69) is 39.9 Å². The molecule has 21 atom stereocenters. The highest BCUT2D eigenvalue weighted by molar-refractivity contribution is 6.07. The summed E-state index contributed by atoms with van der Waals surface area (Å²) in [7, 11) is 20.0. The molecule has 148 heavy (non-hydrogen) atoms. The first-order chi connectivity index (χ1) is 70.4. The number of nitrogens with zero attached hydrogens (tertiary/aromatic N) is 5. The van der Waals surface area contributed by atoms with Crippen molar-refractivity contribution in [2.24, 2.45) is 94.3 Å². The molecule has 0 saturated carbocycles. The summed E-state index contributed by atoms with van der Waals surface area (Å²) in [5.74, 6) is -35.2. The van der Waals surface area contributed by atoms with E-state index in [1.54, 1.807) is 62.4 Å². The second kappa shape index (κ2) is 68.3. The van der Waals surface area contributed by atoms with Crippen molar-refractivity contribution >= 4 is 118 Å². The van der Waals surface area contributed by atoms with Gasteiger partial charge in [-0.25, -0.2) is 4.79 Å². The lowest BCUT2D eigenvalue weighted by Crippen LogP contribution is -2.50. The van der Waals surface area contributed by atoms with E-state index >= 15 is 24.0 Å². The van der Waals surface area contributed by atoms with Gasteiger partial charge in [-0.3, -0.25) is 86.5 Å². The van der Waals surface area contributed by atoms with Gasteiger partial charge in [0.05, 0.1) is 127 Å². The number of amides is 8. The molecule has 0 aromatic heterocycles. The van der Waals surface area contributed by atoms with Gasteiger partial charge < -0.3 is 115 Å². The highest BCUT2D eigenvalue weighted by Crippen LogP contribution is 2.46. The van der Waals surface area contributed by atoms with Crippen molar-refractivity contribution in [3.05, 3.63) is 96.4 Å². The van der Waals surface area contributed by atoms with E-state index in [0.717, 1.165) is 73.1 Å². The van der Waals surface area contributed by atoms with E-state index in [0.29, 0.717) is 56.2 Å². The molecule has 7 rings (SSSR count). The smallest absolute Gasteiger partial charge is 0.362 e. The van der Waals surface area contributed by atoms with Crippen LogP contribution in [0.25, 0.3) is 0 Å². The van der Waals surface area contributed by atoms with Crippen LogP contribution in [-0.4, -0.2) is 331 Å². The molecule has 8 amide bonds. The number of rotatable bonds is 62. The number of hydrogen-bond acceptors (Lipinski definition) is 33. The number of Topliss-reactive ketones (excluding diaryl/α,β-unsaturated/α-hetero) is 1. The number of imide groups is 2. The zero-order valence-corrected chi connectivity index (χ0v) is 90.3. The number of methoxy groups -OCH3 is 7. The SMILES string of the molecule is CCCCN.CCCCNC(=O)C(C(CC1C(=O)N(CCCC)C(=O)C1C(CC1C(=O)N(CCCNC(=O)c2ccc(N(C)C)cc2)C(=O)C1C(CC(C(=O)O)C(C(=O)NCCCNC(=O)c1ccc(N(C)C)cc1)C(CC)OC)OC)OC)OC)C(CC(OC)C(C(=O)OCC)C(CC(OC)C1C(=O)OC(=O)C1C)C(=O)O)C(=O)O.CCO.CN(C)c1ccc(C(=O)CCCCN)cc1.[CH2+]C1C(=O)OC(=O)C1C(CC)OC. The molecule has 4 saturated heterocycles. The van der Waals surface area contributed by atoms with Crippen molar-refractivity contribution in [3.8, 4) is 0 Å². The van der Waals surface area contributed by atoms with Crippen LogP contribution in [0.2, 0.25) is 0 Å². The first kappa shape index (κ1) is 131. The maximum atomic E-state index is 15.5. The highest BCUT2D eigenvalue weighted by Gasteiger charge is 2.60. The Morgan fingerprint density at radius 2 is 0.797 bits per heavy atom. The number of hydrogen-bond donors (Lipinski definition) is 10. The number of carbonyl (C=O) groups excluding carboxylic acids is 14. The number of likely N-dealkylation sites (tertiary alicyclic amines) is 2. The molecule has 4 aliphatic rings. The lowest BCUT2D eigenvalue weighted by atomic mass is 9.72. The molecule has 4 aliphatic heterocycles. The van der Waals surface area contributed by atoms with Gasteiger partial charge >= 0.3 is 47.8 Å². The molecule has 4 fully saturated rings. The molecular weight excluding hydrogens is 1920 g/mol. The summed E-state index contributed by atoms with van der Waals surface area (Å²) >= 11 is 0. The molecule has 4 heterocycles. The summed E-state index contributed by atoms with van der Waals surface area (Å²) in [6.07, 6.45) is -4.81. The van der Waals surface area contributed by atoms with E-state index in [-0.39, 0.29) is 89.5 Å². The predicted molar refractivity (Wildman–Crippen MR) is 550 cm³/mol. The number of carbonyl (C=O) groups is 17. The fraction of sp³-hybridized carbons (Fsp3) is 0.660. The number of ketones is 1. The Bertz CT molecular complexity index is 4670. The van der Waals surface area contributed by atoms with Gasteiger partial charge in [0.25, 0.3) is 11.8 Å². The van der Waals surface area contributed by atoms with Crippen LogP contribution in [0.3, 0.4) is 0 Å². The summed E-state index contributed by atoms with van der Waals surface area (Å²) in [5.41, 5.74) is 14.9. The number of carboxylic acids is 3. The van der Waals surface area contributed by atoms with Crippen LogP contribution in [-0.2, 0) is 114 Å². The lowest BCUT2D eigenvalue weighted by molar-refractivity contribution is -0.169. The number of benzene rings is 3.